The summed E-state index contributed by atoms with van der Waals surface area (Å²) >= 11 is 0. The number of fused-ring (bicyclic) bond motifs is 1. The summed E-state index contributed by atoms with van der Waals surface area (Å²) in [6, 6.07) is 6.02. The molecule has 0 unspecified atom stereocenters. The van der Waals surface area contributed by atoms with Gasteiger partial charge in [-0.15, -0.1) is 0 Å². The molecule has 0 aliphatic heterocycles. The van der Waals surface area contributed by atoms with Gasteiger partial charge in [0.25, 0.3) is 0 Å². The third kappa shape index (κ3) is 1.46. The smallest absolute Gasteiger partial charge is 0.0954 e. The fourth-order valence-electron chi connectivity index (χ4n) is 1.32. The normalized spacial score (nSPS) is 11.5. The summed E-state index contributed by atoms with van der Waals surface area (Å²) in [6.07, 6.45) is 5.61. The van der Waals surface area contributed by atoms with Crippen LogP contribution in [-0.4, -0.2) is 16.5 Å². The highest BCUT2D eigenvalue weighted by Gasteiger charge is 1.98. The summed E-state index contributed by atoms with van der Waals surface area (Å²) < 4.78 is 0. The van der Waals surface area contributed by atoms with Crippen LogP contribution in [0.1, 0.15) is 5.56 Å². The van der Waals surface area contributed by atoms with Gasteiger partial charge < -0.3 is 10.7 Å². The van der Waals surface area contributed by atoms with Gasteiger partial charge in [0.05, 0.1) is 17.4 Å². The largest absolute Gasteiger partial charge is 0.345 e. The van der Waals surface area contributed by atoms with E-state index in [0.717, 1.165) is 16.6 Å². The molecular weight excluding hydrogens is 162 g/mol. The number of nitrogens with zero attached hydrogens (tertiary/aromatic N) is 1. The van der Waals surface area contributed by atoms with E-state index in [-0.39, 0.29) is 0 Å². The summed E-state index contributed by atoms with van der Waals surface area (Å²) in [4.78, 5) is 7.28. The lowest BCUT2D eigenvalue weighted by Crippen LogP contribution is -1.92. The number of aromatic amines is 1. The first kappa shape index (κ1) is 8.01. The average molecular weight is 173 g/mol. The second-order valence-corrected chi connectivity index (χ2v) is 2.78. The SMILES string of the molecule is NCC=Cc1cccc2[nH]cnc12. The average Bonchev–Trinajstić information content (AvgIpc) is 2.62. The molecule has 0 spiro atoms. The molecule has 1 aromatic carbocycles. The van der Waals surface area contributed by atoms with E-state index >= 15 is 0 Å². The Hall–Kier alpha value is -1.61. The first-order valence-corrected chi connectivity index (χ1v) is 4.20. The number of para-hydroxylation sites is 1. The Labute approximate surface area is 76.3 Å². The first-order valence-electron chi connectivity index (χ1n) is 4.20. The van der Waals surface area contributed by atoms with Gasteiger partial charge in [-0.25, -0.2) is 4.98 Å². The molecule has 3 heteroatoms. The molecule has 1 heterocycles. The van der Waals surface area contributed by atoms with Crippen LogP contribution in [0.25, 0.3) is 17.1 Å². The van der Waals surface area contributed by atoms with Crippen LogP contribution in [0.2, 0.25) is 0 Å². The van der Waals surface area contributed by atoms with Crippen molar-refractivity contribution in [3.63, 3.8) is 0 Å². The molecule has 0 bridgehead atoms. The van der Waals surface area contributed by atoms with Crippen LogP contribution in [-0.2, 0) is 0 Å². The number of benzene rings is 1. The second kappa shape index (κ2) is 3.41. The van der Waals surface area contributed by atoms with Crippen LogP contribution in [0.5, 0.6) is 0 Å². The molecule has 3 nitrogen and oxygen atoms in total. The lowest BCUT2D eigenvalue weighted by Gasteiger charge is -1.93. The quantitative estimate of drug-likeness (QED) is 0.723. The van der Waals surface area contributed by atoms with E-state index in [1.165, 1.54) is 0 Å². The van der Waals surface area contributed by atoms with Crippen LogP contribution in [0.3, 0.4) is 0 Å². The number of nitrogens with one attached hydrogen (secondary N) is 1. The number of hydrogen-bond acceptors (Lipinski definition) is 2. The molecule has 3 N–H and O–H groups in total. The molecule has 1 aromatic heterocycles. The number of H-pyrrole nitrogens is 1. The van der Waals surface area contributed by atoms with Crippen molar-refractivity contribution in [2.45, 2.75) is 0 Å². The molecule has 0 aliphatic rings. The Morgan fingerprint density at radius 1 is 1.46 bits per heavy atom. The monoisotopic (exact) mass is 173 g/mol. The fraction of sp³-hybridized carbons (Fsp3) is 0.100. The lowest BCUT2D eigenvalue weighted by molar-refractivity contribution is 1.26. The molecular formula is C10H11N3. The second-order valence-electron chi connectivity index (χ2n) is 2.78. The Morgan fingerprint density at radius 3 is 3.23 bits per heavy atom. The fourth-order valence-corrected chi connectivity index (χ4v) is 1.32. The Morgan fingerprint density at radius 2 is 2.38 bits per heavy atom. The highest BCUT2D eigenvalue weighted by atomic mass is 14.9. The van der Waals surface area contributed by atoms with Gasteiger partial charge in [0.1, 0.15) is 0 Å². The van der Waals surface area contributed by atoms with Crippen molar-refractivity contribution in [2.24, 2.45) is 5.73 Å². The molecule has 0 saturated heterocycles. The molecule has 66 valence electrons. The Bertz CT molecular complexity index is 428. The Kier molecular flexibility index (Phi) is 2.10. The molecule has 2 rings (SSSR count). The standard InChI is InChI=1S/C10H11N3/c11-6-2-4-8-3-1-5-9-10(8)13-7-12-9/h1-5,7H,6,11H2,(H,12,13). The van der Waals surface area contributed by atoms with E-state index in [2.05, 4.69) is 9.97 Å². The van der Waals surface area contributed by atoms with Gasteiger partial charge in [-0.2, -0.15) is 0 Å². The van der Waals surface area contributed by atoms with Crippen LogP contribution in [0, 0.1) is 0 Å². The minimum Gasteiger partial charge on any atom is -0.345 e. The van der Waals surface area contributed by atoms with Crippen molar-refractivity contribution in [2.75, 3.05) is 6.54 Å². The molecule has 2 aromatic rings. The summed E-state index contributed by atoms with van der Waals surface area (Å²) in [6.45, 7) is 0.556. The van der Waals surface area contributed by atoms with Crippen LogP contribution in [0.4, 0.5) is 0 Å². The van der Waals surface area contributed by atoms with E-state index in [0.29, 0.717) is 6.54 Å². The van der Waals surface area contributed by atoms with E-state index in [1.807, 2.05) is 30.4 Å². The number of rotatable bonds is 2. The van der Waals surface area contributed by atoms with E-state index in [1.54, 1.807) is 6.33 Å². The van der Waals surface area contributed by atoms with Gasteiger partial charge in [0.2, 0.25) is 0 Å². The van der Waals surface area contributed by atoms with Crippen molar-refractivity contribution < 1.29 is 0 Å². The zero-order valence-corrected chi connectivity index (χ0v) is 7.20. The van der Waals surface area contributed by atoms with Crippen LogP contribution < -0.4 is 5.73 Å². The predicted octanol–water partition coefficient (Wildman–Crippen LogP) is 1.53. The number of imidazole rings is 1. The van der Waals surface area contributed by atoms with Gasteiger partial charge in [0, 0.05) is 12.1 Å². The van der Waals surface area contributed by atoms with Gasteiger partial charge in [0.15, 0.2) is 0 Å². The zero-order valence-electron chi connectivity index (χ0n) is 7.20. The third-order valence-corrected chi connectivity index (χ3v) is 1.91. The maximum Gasteiger partial charge on any atom is 0.0954 e. The summed E-state index contributed by atoms with van der Waals surface area (Å²) in [7, 11) is 0. The molecule has 0 aliphatic carbocycles. The molecule has 0 amide bonds. The van der Waals surface area contributed by atoms with E-state index < -0.39 is 0 Å². The highest BCUT2D eigenvalue weighted by Crippen LogP contribution is 2.15. The number of aromatic nitrogens is 2. The molecule has 0 saturated carbocycles. The van der Waals surface area contributed by atoms with Crippen molar-refractivity contribution in [1.82, 2.24) is 9.97 Å². The number of nitrogens with two attached hydrogens (primary N) is 1. The maximum atomic E-state index is 5.38. The predicted molar refractivity (Wildman–Crippen MR) is 54.2 cm³/mol. The molecule has 0 fully saturated rings. The zero-order chi connectivity index (χ0) is 9.10. The van der Waals surface area contributed by atoms with Gasteiger partial charge in [-0.05, 0) is 6.07 Å². The third-order valence-electron chi connectivity index (χ3n) is 1.91. The lowest BCUT2D eigenvalue weighted by atomic mass is 10.2. The van der Waals surface area contributed by atoms with Gasteiger partial charge >= 0.3 is 0 Å². The van der Waals surface area contributed by atoms with E-state index in [9.17, 15) is 0 Å². The minimum atomic E-state index is 0.556. The number of hydrogen-bond donors (Lipinski definition) is 2. The van der Waals surface area contributed by atoms with Crippen LogP contribution >= 0.6 is 0 Å². The van der Waals surface area contributed by atoms with Crippen molar-refractivity contribution in [1.29, 1.82) is 0 Å². The topological polar surface area (TPSA) is 54.7 Å². The summed E-state index contributed by atoms with van der Waals surface area (Å²) in [5.41, 5.74) is 8.53. The minimum absolute atomic E-state index is 0.556. The highest BCUT2D eigenvalue weighted by molar-refractivity contribution is 5.84. The molecule has 0 radical (unpaired) electrons. The maximum absolute atomic E-state index is 5.38. The van der Waals surface area contributed by atoms with Crippen LogP contribution in [0.15, 0.2) is 30.6 Å². The summed E-state index contributed by atoms with van der Waals surface area (Å²) in [5.74, 6) is 0. The molecule has 13 heavy (non-hydrogen) atoms. The van der Waals surface area contributed by atoms with E-state index in [4.69, 9.17) is 5.73 Å². The van der Waals surface area contributed by atoms with Gasteiger partial charge in [-0.3, -0.25) is 0 Å². The first-order chi connectivity index (χ1) is 6.42. The Balaban J connectivity index is 2.54. The van der Waals surface area contributed by atoms with Crippen molar-refractivity contribution >= 4 is 17.1 Å². The van der Waals surface area contributed by atoms with Gasteiger partial charge in [-0.1, -0.05) is 24.3 Å². The molecule has 0 atom stereocenters. The summed E-state index contributed by atoms with van der Waals surface area (Å²) in [5, 5.41) is 0. The van der Waals surface area contributed by atoms with Crippen molar-refractivity contribution in [3.8, 4) is 0 Å². The van der Waals surface area contributed by atoms with Crippen molar-refractivity contribution in [3.05, 3.63) is 36.2 Å².